The molecule has 0 bridgehead atoms. The van der Waals surface area contributed by atoms with Gasteiger partial charge in [0.25, 0.3) is 5.56 Å². The van der Waals surface area contributed by atoms with Gasteiger partial charge < -0.3 is 14.6 Å². The van der Waals surface area contributed by atoms with Crippen LogP contribution in [-0.4, -0.2) is 45.0 Å². The van der Waals surface area contributed by atoms with E-state index < -0.39 is 0 Å². The van der Waals surface area contributed by atoms with Crippen molar-refractivity contribution in [3.63, 3.8) is 0 Å². The Morgan fingerprint density at radius 2 is 2.13 bits per heavy atom. The van der Waals surface area contributed by atoms with Crippen LogP contribution in [0.15, 0.2) is 46.5 Å². The number of fused-ring (bicyclic) bond motifs is 1. The number of aryl methyl sites for hydroxylation is 1. The third-order valence-electron chi connectivity index (χ3n) is 5.46. The number of hydrogen-bond donors (Lipinski definition) is 1. The highest BCUT2D eigenvalue weighted by Crippen LogP contribution is 2.29. The molecule has 4 rings (SSSR count). The summed E-state index contributed by atoms with van der Waals surface area (Å²) in [6.07, 6.45) is 4.90. The zero-order valence-corrected chi connectivity index (χ0v) is 18.8. The summed E-state index contributed by atoms with van der Waals surface area (Å²) in [5.41, 5.74) is 3.12. The van der Waals surface area contributed by atoms with Crippen molar-refractivity contribution in [2.24, 2.45) is 7.05 Å². The lowest BCUT2D eigenvalue weighted by atomic mass is 10.1. The van der Waals surface area contributed by atoms with Crippen LogP contribution >= 0.6 is 11.8 Å². The van der Waals surface area contributed by atoms with Crippen molar-refractivity contribution in [2.75, 3.05) is 18.9 Å². The van der Waals surface area contributed by atoms with Crippen LogP contribution in [0.1, 0.15) is 26.2 Å². The Bertz CT molecular complexity index is 1120. The van der Waals surface area contributed by atoms with Crippen molar-refractivity contribution in [1.29, 1.82) is 0 Å². The van der Waals surface area contributed by atoms with Crippen LogP contribution in [0.2, 0.25) is 0 Å². The first-order valence-corrected chi connectivity index (χ1v) is 11.7. The molecule has 0 spiro atoms. The summed E-state index contributed by atoms with van der Waals surface area (Å²) in [4.78, 5) is 30.6. The number of aromatic nitrogens is 3. The summed E-state index contributed by atoms with van der Waals surface area (Å²) in [6, 6.07) is 9.94. The summed E-state index contributed by atoms with van der Waals surface area (Å²) in [6.45, 7) is 3.89. The molecule has 1 aliphatic heterocycles. The van der Waals surface area contributed by atoms with Gasteiger partial charge in [-0.05, 0) is 24.8 Å². The Kier molecular flexibility index (Phi) is 6.77. The van der Waals surface area contributed by atoms with E-state index in [4.69, 9.17) is 9.72 Å². The van der Waals surface area contributed by atoms with Gasteiger partial charge in [0, 0.05) is 38.5 Å². The maximum absolute atomic E-state index is 13.3. The number of amides is 1. The van der Waals surface area contributed by atoms with E-state index in [9.17, 15) is 9.59 Å². The highest BCUT2D eigenvalue weighted by Gasteiger charge is 2.20. The normalized spacial score (nSPS) is 16.1. The molecule has 1 atom stereocenters. The molecule has 1 saturated heterocycles. The van der Waals surface area contributed by atoms with E-state index >= 15 is 0 Å². The lowest BCUT2D eigenvalue weighted by molar-refractivity contribution is -0.119. The summed E-state index contributed by atoms with van der Waals surface area (Å²) >= 11 is 1.31. The monoisotopic (exact) mass is 440 g/mol. The van der Waals surface area contributed by atoms with E-state index in [0.717, 1.165) is 37.0 Å². The summed E-state index contributed by atoms with van der Waals surface area (Å²) in [5, 5.41) is 3.51. The van der Waals surface area contributed by atoms with Crippen LogP contribution in [0.3, 0.4) is 0 Å². The van der Waals surface area contributed by atoms with E-state index in [2.05, 4.69) is 5.32 Å². The van der Waals surface area contributed by atoms with Crippen molar-refractivity contribution in [1.82, 2.24) is 19.4 Å². The van der Waals surface area contributed by atoms with E-state index in [-0.39, 0.29) is 23.3 Å². The number of thioether (sulfide) groups is 1. The van der Waals surface area contributed by atoms with Crippen molar-refractivity contribution < 1.29 is 9.53 Å². The third-order valence-corrected chi connectivity index (χ3v) is 6.43. The quantitative estimate of drug-likeness (QED) is 0.430. The van der Waals surface area contributed by atoms with Crippen LogP contribution in [0.25, 0.3) is 22.2 Å². The summed E-state index contributed by atoms with van der Waals surface area (Å²) in [5.74, 6) is 0.135. The second-order valence-electron chi connectivity index (χ2n) is 7.80. The van der Waals surface area contributed by atoms with Crippen molar-refractivity contribution in [3.8, 4) is 11.1 Å². The van der Waals surface area contributed by atoms with Gasteiger partial charge in [0.2, 0.25) is 5.91 Å². The highest BCUT2D eigenvalue weighted by atomic mass is 32.2. The number of nitrogens with zero attached hydrogens (tertiary/aromatic N) is 3. The molecule has 3 heterocycles. The van der Waals surface area contributed by atoms with E-state index in [1.165, 1.54) is 11.8 Å². The van der Waals surface area contributed by atoms with Gasteiger partial charge in [-0.3, -0.25) is 14.2 Å². The molecule has 0 saturated carbocycles. The minimum Gasteiger partial charge on any atom is -0.376 e. The highest BCUT2D eigenvalue weighted by molar-refractivity contribution is 7.99. The van der Waals surface area contributed by atoms with Crippen LogP contribution < -0.4 is 10.9 Å². The average Bonchev–Trinajstić information content (AvgIpc) is 3.41. The second kappa shape index (κ2) is 9.70. The zero-order valence-electron chi connectivity index (χ0n) is 18.0. The SMILES string of the molecule is CCCn1c(SCC(=O)NC[C@@H]2CCCO2)nc2c(-c3ccccc3)cn(C)c2c1=O. The molecule has 0 radical (unpaired) electrons. The number of hydrogen-bond acceptors (Lipinski definition) is 5. The molecule has 0 aliphatic carbocycles. The molecular formula is C23H28N4O3S. The molecule has 8 heteroatoms. The first kappa shape index (κ1) is 21.6. The fourth-order valence-electron chi connectivity index (χ4n) is 3.92. The predicted molar refractivity (Wildman–Crippen MR) is 123 cm³/mol. The second-order valence-corrected chi connectivity index (χ2v) is 8.74. The Morgan fingerprint density at radius 1 is 1.32 bits per heavy atom. The summed E-state index contributed by atoms with van der Waals surface area (Å²) < 4.78 is 9.10. The lowest BCUT2D eigenvalue weighted by Gasteiger charge is -2.13. The predicted octanol–water partition coefficient (Wildman–Crippen LogP) is 3.20. The molecule has 1 fully saturated rings. The number of carbonyl (C=O) groups excluding carboxylic acids is 1. The molecule has 1 amide bonds. The van der Waals surface area contributed by atoms with Gasteiger partial charge in [0.1, 0.15) is 11.0 Å². The third kappa shape index (κ3) is 4.70. The molecule has 1 aliphatic rings. The topological polar surface area (TPSA) is 78.2 Å². The van der Waals surface area contributed by atoms with Gasteiger partial charge in [-0.1, -0.05) is 49.0 Å². The maximum Gasteiger partial charge on any atom is 0.278 e. The van der Waals surface area contributed by atoms with Gasteiger partial charge in [0.15, 0.2) is 5.16 Å². The van der Waals surface area contributed by atoms with E-state index in [0.29, 0.717) is 29.3 Å². The van der Waals surface area contributed by atoms with Crippen molar-refractivity contribution in [3.05, 3.63) is 46.9 Å². The lowest BCUT2D eigenvalue weighted by Crippen LogP contribution is -2.33. The average molecular weight is 441 g/mol. The van der Waals surface area contributed by atoms with Crippen LogP contribution in [0.4, 0.5) is 0 Å². The first-order chi connectivity index (χ1) is 15.1. The molecule has 2 aromatic heterocycles. The number of ether oxygens (including phenoxy) is 1. The number of rotatable bonds is 8. The largest absolute Gasteiger partial charge is 0.376 e. The Morgan fingerprint density at radius 3 is 2.84 bits per heavy atom. The number of nitrogens with one attached hydrogen (secondary N) is 1. The van der Waals surface area contributed by atoms with Gasteiger partial charge in [-0.2, -0.15) is 0 Å². The summed E-state index contributed by atoms with van der Waals surface area (Å²) in [7, 11) is 1.87. The Balaban J connectivity index is 1.62. The molecule has 1 N–H and O–H groups in total. The Labute approximate surface area is 185 Å². The molecule has 1 aromatic carbocycles. The molecule has 3 aromatic rings. The molecule has 31 heavy (non-hydrogen) atoms. The smallest absolute Gasteiger partial charge is 0.278 e. The maximum atomic E-state index is 13.3. The minimum absolute atomic E-state index is 0.0706. The van der Waals surface area contributed by atoms with Crippen molar-refractivity contribution in [2.45, 2.75) is 44.0 Å². The molecule has 7 nitrogen and oxygen atoms in total. The van der Waals surface area contributed by atoms with Crippen LogP contribution in [0, 0.1) is 0 Å². The zero-order chi connectivity index (χ0) is 21.8. The number of carbonyl (C=O) groups is 1. The van der Waals surface area contributed by atoms with Gasteiger partial charge in [-0.15, -0.1) is 0 Å². The fourth-order valence-corrected chi connectivity index (χ4v) is 4.77. The standard InChI is InChI=1S/C23H28N4O3S/c1-3-11-27-22(29)21-20(18(14-26(21)2)16-8-5-4-6-9-16)25-23(27)31-15-19(28)24-13-17-10-7-12-30-17/h4-6,8-9,14,17H,3,7,10-13,15H2,1-2H3,(H,24,28)/t17-/m0/s1. The van der Waals surface area contributed by atoms with Gasteiger partial charge in [-0.25, -0.2) is 4.98 Å². The van der Waals surface area contributed by atoms with Crippen LogP contribution in [0.5, 0.6) is 0 Å². The van der Waals surface area contributed by atoms with Crippen molar-refractivity contribution >= 4 is 28.7 Å². The van der Waals surface area contributed by atoms with E-state index in [1.54, 1.807) is 4.57 Å². The fraction of sp³-hybridized carbons (Fsp3) is 0.435. The molecule has 164 valence electrons. The first-order valence-electron chi connectivity index (χ1n) is 10.7. The molecular weight excluding hydrogens is 412 g/mol. The van der Waals surface area contributed by atoms with Gasteiger partial charge >= 0.3 is 0 Å². The number of benzene rings is 1. The minimum atomic E-state index is -0.0748. The van der Waals surface area contributed by atoms with E-state index in [1.807, 2.05) is 55.1 Å². The van der Waals surface area contributed by atoms with Crippen LogP contribution in [-0.2, 0) is 23.1 Å². The molecule has 0 unspecified atom stereocenters. The van der Waals surface area contributed by atoms with Gasteiger partial charge in [0.05, 0.1) is 11.9 Å². The Hall–Kier alpha value is -2.58.